The molecule has 1 N–H and O–H groups in total. The Balaban J connectivity index is 3.15. The summed E-state index contributed by atoms with van der Waals surface area (Å²) in [5.74, 6) is 0. The first-order valence-electron chi connectivity index (χ1n) is 11.4. The van der Waals surface area contributed by atoms with E-state index in [9.17, 15) is 5.11 Å². The van der Waals surface area contributed by atoms with Gasteiger partial charge in [-0.1, -0.05) is 69.8 Å². The summed E-state index contributed by atoms with van der Waals surface area (Å²) in [5, 5.41) is 9.44. The lowest BCUT2D eigenvalue weighted by Crippen LogP contribution is -2.21. The molecule has 0 aromatic carbocycles. The van der Waals surface area contributed by atoms with Gasteiger partial charge in [-0.3, -0.25) is 0 Å². The number of methoxy groups -OCH3 is 1. The Bertz CT molecular complexity index is 326. The molecular formula is C24H46O3. The second-order valence-corrected chi connectivity index (χ2v) is 7.46. The molecule has 0 unspecified atom stereocenters. The molecule has 3 nitrogen and oxygen atoms in total. The largest absolute Gasteiger partial charge is 0.388 e. The fourth-order valence-corrected chi connectivity index (χ4v) is 2.95. The molecule has 0 aliphatic heterocycles. The first kappa shape index (κ1) is 26.4. The van der Waals surface area contributed by atoms with Gasteiger partial charge in [0.25, 0.3) is 0 Å². The summed E-state index contributed by atoms with van der Waals surface area (Å²) in [7, 11) is 1.59. The van der Waals surface area contributed by atoms with Crippen molar-refractivity contribution < 1.29 is 14.6 Å². The van der Waals surface area contributed by atoms with Crippen molar-refractivity contribution in [2.75, 3.05) is 26.9 Å². The van der Waals surface area contributed by atoms with E-state index in [1.807, 2.05) is 0 Å². The van der Waals surface area contributed by atoms with Crippen molar-refractivity contribution in [3.8, 4) is 0 Å². The molecule has 0 saturated carbocycles. The summed E-state index contributed by atoms with van der Waals surface area (Å²) in [6.45, 7) is 3.73. The molecule has 1 atom stereocenters. The summed E-state index contributed by atoms with van der Waals surface area (Å²) >= 11 is 0. The van der Waals surface area contributed by atoms with Crippen LogP contribution in [0.4, 0.5) is 0 Å². The van der Waals surface area contributed by atoms with Crippen LogP contribution in [0.1, 0.15) is 96.8 Å². The van der Waals surface area contributed by atoms with Gasteiger partial charge < -0.3 is 14.6 Å². The van der Waals surface area contributed by atoms with Gasteiger partial charge in [-0.25, -0.2) is 0 Å². The Labute approximate surface area is 169 Å². The number of aliphatic hydroxyl groups is 1. The van der Waals surface area contributed by atoms with Gasteiger partial charge in [-0.15, -0.1) is 0 Å². The average Bonchev–Trinajstić information content (AvgIpc) is 2.66. The number of hydrogen-bond acceptors (Lipinski definition) is 3. The van der Waals surface area contributed by atoms with Gasteiger partial charge in [0.2, 0.25) is 0 Å². The van der Waals surface area contributed by atoms with Crippen molar-refractivity contribution in [2.24, 2.45) is 0 Å². The van der Waals surface area contributed by atoms with E-state index in [4.69, 9.17) is 9.47 Å². The monoisotopic (exact) mass is 382 g/mol. The fourth-order valence-electron chi connectivity index (χ4n) is 2.95. The summed E-state index contributed by atoms with van der Waals surface area (Å²) in [4.78, 5) is 0. The van der Waals surface area contributed by atoms with Gasteiger partial charge in [-0.05, 0) is 51.4 Å². The minimum atomic E-state index is -0.490. The normalized spacial score (nSPS) is 13.1. The Kier molecular flexibility index (Phi) is 22.8. The van der Waals surface area contributed by atoms with E-state index in [2.05, 4.69) is 31.2 Å². The SMILES string of the molecule is CCCC/C=C\CCCC/C=C\CCCCCCCCOC[C@@H](O)COC. The molecule has 0 rings (SSSR count). The van der Waals surface area contributed by atoms with E-state index in [1.165, 1.54) is 83.5 Å². The van der Waals surface area contributed by atoms with Crippen molar-refractivity contribution in [1.29, 1.82) is 0 Å². The van der Waals surface area contributed by atoms with Gasteiger partial charge in [-0.2, -0.15) is 0 Å². The highest BCUT2D eigenvalue weighted by Crippen LogP contribution is 2.09. The molecule has 0 aliphatic rings. The van der Waals surface area contributed by atoms with E-state index in [-0.39, 0.29) is 0 Å². The number of hydrogen-bond donors (Lipinski definition) is 1. The van der Waals surface area contributed by atoms with Crippen molar-refractivity contribution in [2.45, 2.75) is 103 Å². The second kappa shape index (κ2) is 23.4. The maximum atomic E-state index is 9.44. The molecule has 27 heavy (non-hydrogen) atoms. The van der Waals surface area contributed by atoms with Crippen LogP contribution in [-0.4, -0.2) is 38.1 Å². The second-order valence-electron chi connectivity index (χ2n) is 7.46. The van der Waals surface area contributed by atoms with Gasteiger partial charge in [0, 0.05) is 13.7 Å². The molecule has 3 heteroatoms. The van der Waals surface area contributed by atoms with Crippen LogP contribution in [0.2, 0.25) is 0 Å². The minimum absolute atomic E-state index is 0.352. The molecule has 0 radical (unpaired) electrons. The van der Waals surface area contributed by atoms with Crippen LogP contribution in [0.25, 0.3) is 0 Å². The highest BCUT2D eigenvalue weighted by molar-refractivity contribution is 4.83. The number of allylic oxidation sites excluding steroid dienone is 4. The molecule has 160 valence electrons. The Morgan fingerprint density at radius 1 is 0.667 bits per heavy atom. The van der Waals surface area contributed by atoms with E-state index in [1.54, 1.807) is 7.11 Å². The molecule has 0 aromatic heterocycles. The third-order valence-corrected chi connectivity index (χ3v) is 4.63. The molecule has 0 fully saturated rings. The predicted octanol–water partition coefficient (Wildman–Crippen LogP) is 6.60. The lowest BCUT2D eigenvalue weighted by atomic mass is 10.1. The summed E-state index contributed by atoms with van der Waals surface area (Å²) < 4.78 is 10.3. The van der Waals surface area contributed by atoms with Gasteiger partial charge in [0.05, 0.1) is 13.2 Å². The van der Waals surface area contributed by atoms with Crippen molar-refractivity contribution in [3.05, 3.63) is 24.3 Å². The van der Waals surface area contributed by atoms with Crippen LogP contribution >= 0.6 is 0 Å². The lowest BCUT2D eigenvalue weighted by molar-refractivity contribution is -0.00684. The van der Waals surface area contributed by atoms with Crippen molar-refractivity contribution >= 4 is 0 Å². The van der Waals surface area contributed by atoms with Crippen LogP contribution < -0.4 is 0 Å². The van der Waals surface area contributed by atoms with Crippen molar-refractivity contribution in [3.63, 3.8) is 0 Å². The zero-order valence-electron chi connectivity index (χ0n) is 18.2. The Morgan fingerprint density at radius 3 is 1.70 bits per heavy atom. The quantitative estimate of drug-likeness (QED) is 0.179. The molecule has 0 aliphatic carbocycles. The molecule has 0 aromatic rings. The van der Waals surface area contributed by atoms with Crippen LogP contribution in [0.3, 0.4) is 0 Å². The highest BCUT2D eigenvalue weighted by Gasteiger charge is 2.02. The lowest BCUT2D eigenvalue weighted by Gasteiger charge is -2.09. The maximum absolute atomic E-state index is 9.44. The van der Waals surface area contributed by atoms with Crippen molar-refractivity contribution in [1.82, 2.24) is 0 Å². The molecule has 0 amide bonds. The fraction of sp³-hybridized carbons (Fsp3) is 0.833. The number of aliphatic hydroxyl groups excluding tert-OH is 1. The average molecular weight is 383 g/mol. The number of unbranched alkanes of at least 4 members (excludes halogenated alkanes) is 11. The van der Waals surface area contributed by atoms with E-state index in [0.717, 1.165) is 13.0 Å². The smallest absolute Gasteiger partial charge is 0.101 e. The zero-order chi connectivity index (χ0) is 19.8. The molecule has 0 spiro atoms. The Morgan fingerprint density at radius 2 is 1.15 bits per heavy atom. The molecular weight excluding hydrogens is 336 g/mol. The first-order valence-corrected chi connectivity index (χ1v) is 11.4. The molecule has 0 saturated heterocycles. The first-order chi connectivity index (χ1) is 13.3. The predicted molar refractivity (Wildman–Crippen MR) is 117 cm³/mol. The molecule has 0 bridgehead atoms. The summed E-state index contributed by atoms with van der Waals surface area (Å²) in [5.41, 5.74) is 0. The minimum Gasteiger partial charge on any atom is -0.388 e. The third-order valence-electron chi connectivity index (χ3n) is 4.63. The highest BCUT2D eigenvalue weighted by atomic mass is 16.5. The summed E-state index contributed by atoms with van der Waals surface area (Å²) in [6, 6.07) is 0. The van der Waals surface area contributed by atoms with Gasteiger partial charge in [0.15, 0.2) is 0 Å². The standard InChI is InChI=1S/C24H46O3/c1-3-4-5-6-7-8-9-10-11-12-13-14-15-16-17-18-19-20-21-27-23-24(25)22-26-2/h6-7,12-13,24-25H,3-5,8-11,14-23H2,1-2H3/b7-6-,13-12-/t24-/m0/s1. The number of ether oxygens (including phenoxy) is 2. The maximum Gasteiger partial charge on any atom is 0.101 e. The Hall–Kier alpha value is -0.640. The van der Waals surface area contributed by atoms with Crippen LogP contribution in [-0.2, 0) is 9.47 Å². The van der Waals surface area contributed by atoms with E-state index >= 15 is 0 Å². The third kappa shape index (κ3) is 23.3. The molecule has 0 heterocycles. The summed E-state index contributed by atoms with van der Waals surface area (Å²) in [6.07, 6.45) is 26.8. The topological polar surface area (TPSA) is 38.7 Å². The van der Waals surface area contributed by atoms with E-state index < -0.39 is 6.10 Å². The van der Waals surface area contributed by atoms with Gasteiger partial charge in [0.1, 0.15) is 6.10 Å². The van der Waals surface area contributed by atoms with Crippen LogP contribution in [0, 0.1) is 0 Å². The van der Waals surface area contributed by atoms with Crippen LogP contribution in [0.5, 0.6) is 0 Å². The number of rotatable bonds is 21. The van der Waals surface area contributed by atoms with Gasteiger partial charge >= 0.3 is 0 Å². The zero-order valence-corrected chi connectivity index (χ0v) is 18.2. The van der Waals surface area contributed by atoms with E-state index in [0.29, 0.717) is 13.2 Å². The van der Waals surface area contributed by atoms with Crippen LogP contribution in [0.15, 0.2) is 24.3 Å².